The van der Waals surface area contributed by atoms with Crippen molar-refractivity contribution in [2.45, 2.75) is 31.6 Å². The van der Waals surface area contributed by atoms with Crippen molar-refractivity contribution in [3.63, 3.8) is 0 Å². The summed E-state index contributed by atoms with van der Waals surface area (Å²) in [6, 6.07) is 18.2. The van der Waals surface area contributed by atoms with Crippen molar-refractivity contribution in [2.75, 3.05) is 26.4 Å². The molecule has 3 rings (SSSR count). The van der Waals surface area contributed by atoms with Crippen molar-refractivity contribution in [1.82, 2.24) is 5.32 Å². The fourth-order valence-corrected chi connectivity index (χ4v) is 3.51. The fraction of sp³-hybridized carbons (Fsp3) is 0.409. The highest BCUT2D eigenvalue weighted by molar-refractivity contribution is 5.78. The standard InChI is InChI=1S/C22H27NO3/c1-2-26-20-10-8-18(9-11-20)16-21(24)23-17-22(12-14-25-15-13-22)19-6-4-3-5-7-19/h3-11H,2,12-17H2,1H3,(H,23,24). The van der Waals surface area contributed by atoms with Crippen molar-refractivity contribution in [3.05, 3.63) is 65.7 Å². The molecule has 1 aliphatic heterocycles. The van der Waals surface area contributed by atoms with E-state index in [9.17, 15) is 4.79 Å². The molecule has 26 heavy (non-hydrogen) atoms. The van der Waals surface area contributed by atoms with E-state index in [4.69, 9.17) is 9.47 Å². The summed E-state index contributed by atoms with van der Waals surface area (Å²) < 4.78 is 11.0. The molecule has 2 aromatic carbocycles. The van der Waals surface area contributed by atoms with E-state index in [2.05, 4.69) is 29.6 Å². The second-order valence-corrected chi connectivity index (χ2v) is 6.79. The van der Waals surface area contributed by atoms with Gasteiger partial charge in [0, 0.05) is 25.2 Å². The van der Waals surface area contributed by atoms with Crippen molar-refractivity contribution < 1.29 is 14.3 Å². The smallest absolute Gasteiger partial charge is 0.224 e. The molecule has 1 saturated heterocycles. The first-order valence-electron chi connectivity index (χ1n) is 9.33. The average Bonchev–Trinajstić information content (AvgIpc) is 2.70. The molecular formula is C22H27NO3. The zero-order valence-electron chi connectivity index (χ0n) is 15.4. The maximum Gasteiger partial charge on any atom is 0.224 e. The summed E-state index contributed by atoms with van der Waals surface area (Å²) in [7, 11) is 0. The minimum Gasteiger partial charge on any atom is -0.494 e. The van der Waals surface area contributed by atoms with Crippen molar-refractivity contribution in [3.8, 4) is 5.75 Å². The summed E-state index contributed by atoms with van der Waals surface area (Å²) in [5.41, 5.74) is 2.24. The van der Waals surface area contributed by atoms with Crippen LogP contribution in [0.25, 0.3) is 0 Å². The summed E-state index contributed by atoms with van der Waals surface area (Å²) in [6.07, 6.45) is 2.24. The van der Waals surface area contributed by atoms with Gasteiger partial charge in [0.25, 0.3) is 0 Å². The van der Waals surface area contributed by atoms with Gasteiger partial charge in [-0.15, -0.1) is 0 Å². The van der Waals surface area contributed by atoms with Crippen LogP contribution in [0.15, 0.2) is 54.6 Å². The molecule has 1 heterocycles. The number of hydrogen-bond donors (Lipinski definition) is 1. The van der Waals surface area contributed by atoms with Gasteiger partial charge in [-0.1, -0.05) is 42.5 Å². The van der Waals surface area contributed by atoms with Crippen LogP contribution in [0.1, 0.15) is 30.9 Å². The largest absolute Gasteiger partial charge is 0.494 e. The second kappa shape index (κ2) is 8.86. The molecule has 0 unspecified atom stereocenters. The van der Waals surface area contributed by atoms with Gasteiger partial charge in [-0.25, -0.2) is 0 Å². The van der Waals surface area contributed by atoms with E-state index in [1.807, 2.05) is 37.3 Å². The van der Waals surface area contributed by atoms with Crippen LogP contribution in [-0.4, -0.2) is 32.3 Å². The normalized spacial score (nSPS) is 16.0. The number of carbonyl (C=O) groups is 1. The molecular weight excluding hydrogens is 326 g/mol. The first kappa shape index (κ1) is 18.5. The number of hydrogen-bond acceptors (Lipinski definition) is 3. The maximum atomic E-state index is 12.5. The molecule has 4 nitrogen and oxygen atoms in total. The van der Waals surface area contributed by atoms with Gasteiger partial charge in [-0.05, 0) is 43.0 Å². The summed E-state index contributed by atoms with van der Waals surface area (Å²) in [6.45, 7) is 4.73. The molecule has 0 aromatic heterocycles. The summed E-state index contributed by atoms with van der Waals surface area (Å²) in [4.78, 5) is 12.5. The molecule has 0 bridgehead atoms. The van der Waals surface area contributed by atoms with Gasteiger partial charge >= 0.3 is 0 Å². The van der Waals surface area contributed by atoms with Crippen LogP contribution in [-0.2, 0) is 21.4 Å². The van der Waals surface area contributed by atoms with Crippen LogP contribution >= 0.6 is 0 Å². The Balaban J connectivity index is 1.61. The van der Waals surface area contributed by atoms with Gasteiger partial charge in [0.2, 0.25) is 5.91 Å². The first-order valence-corrected chi connectivity index (χ1v) is 9.33. The molecule has 0 aliphatic carbocycles. The highest BCUT2D eigenvalue weighted by atomic mass is 16.5. The van der Waals surface area contributed by atoms with E-state index < -0.39 is 0 Å². The quantitative estimate of drug-likeness (QED) is 0.829. The summed E-state index contributed by atoms with van der Waals surface area (Å²) in [5.74, 6) is 0.887. The molecule has 1 aliphatic rings. The van der Waals surface area contributed by atoms with Crippen LogP contribution in [0.4, 0.5) is 0 Å². The van der Waals surface area contributed by atoms with Gasteiger partial charge in [-0.3, -0.25) is 4.79 Å². The number of amides is 1. The SMILES string of the molecule is CCOc1ccc(CC(=O)NCC2(c3ccccc3)CCOCC2)cc1. The third-order valence-corrected chi connectivity index (χ3v) is 5.06. The molecule has 1 fully saturated rings. The minimum atomic E-state index is -0.0337. The lowest BCUT2D eigenvalue weighted by Crippen LogP contribution is -2.45. The number of carbonyl (C=O) groups excluding carboxylic acids is 1. The van der Waals surface area contributed by atoms with E-state index in [-0.39, 0.29) is 11.3 Å². The van der Waals surface area contributed by atoms with Gasteiger partial charge in [-0.2, -0.15) is 0 Å². The molecule has 138 valence electrons. The Bertz CT molecular complexity index is 691. The van der Waals surface area contributed by atoms with Crippen LogP contribution in [0.5, 0.6) is 5.75 Å². The van der Waals surface area contributed by atoms with Gasteiger partial charge < -0.3 is 14.8 Å². The van der Waals surface area contributed by atoms with Crippen LogP contribution in [0.3, 0.4) is 0 Å². The molecule has 1 N–H and O–H groups in total. The van der Waals surface area contributed by atoms with Gasteiger partial charge in [0.05, 0.1) is 13.0 Å². The number of rotatable bonds is 7. The van der Waals surface area contributed by atoms with E-state index in [1.165, 1.54) is 5.56 Å². The molecule has 0 radical (unpaired) electrons. The van der Waals surface area contributed by atoms with E-state index in [0.29, 0.717) is 19.6 Å². The Morgan fingerprint density at radius 2 is 1.77 bits per heavy atom. The zero-order chi connectivity index (χ0) is 18.2. The third-order valence-electron chi connectivity index (χ3n) is 5.06. The topological polar surface area (TPSA) is 47.6 Å². The predicted molar refractivity (Wildman–Crippen MR) is 102 cm³/mol. The molecule has 4 heteroatoms. The van der Waals surface area contributed by atoms with E-state index >= 15 is 0 Å². The Kier molecular flexibility index (Phi) is 6.29. The average molecular weight is 353 g/mol. The monoisotopic (exact) mass is 353 g/mol. The molecule has 2 aromatic rings. The molecule has 1 amide bonds. The summed E-state index contributed by atoms with van der Waals surface area (Å²) >= 11 is 0. The zero-order valence-corrected chi connectivity index (χ0v) is 15.4. The van der Waals surface area contributed by atoms with Crippen molar-refractivity contribution >= 4 is 5.91 Å². The summed E-state index contributed by atoms with van der Waals surface area (Å²) in [5, 5.41) is 3.15. The third kappa shape index (κ3) is 4.64. The highest BCUT2D eigenvalue weighted by Gasteiger charge is 2.34. The van der Waals surface area contributed by atoms with Gasteiger partial charge in [0.1, 0.15) is 5.75 Å². The molecule has 0 atom stereocenters. The lowest BCUT2D eigenvalue weighted by molar-refractivity contribution is -0.120. The molecule has 0 saturated carbocycles. The van der Waals surface area contributed by atoms with E-state index in [1.54, 1.807) is 0 Å². The fourth-order valence-electron chi connectivity index (χ4n) is 3.51. The second-order valence-electron chi connectivity index (χ2n) is 6.79. The van der Waals surface area contributed by atoms with Crippen molar-refractivity contribution in [2.24, 2.45) is 0 Å². The van der Waals surface area contributed by atoms with Crippen molar-refractivity contribution in [1.29, 1.82) is 0 Å². The highest BCUT2D eigenvalue weighted by Crippen LogP contribution is 2.34. The van der Waals surface area contributed by atoms with Crippen LogP contribution in [0, 0.1) is 0 Å². The first-order chi connectivity index (χ1) is 12.7. The van der Waals surface area contributed by atoms with Crippen LogP contribution in [0.2, 0.25) is 0 Å². The Hall–Kier alpha value is -2.33. The maximum absolute atomic E-state index is 12.5. The van der Waals surface area contributed by atoms with Gasteiger partial charge in [0.15, 0.2) is 0 Å². The minimum absolute atomic E-state index is 0.0337. The molecule has 0 spiro atoms. The lowest BCUT2D eigenvalue weighted by Gasteiger charge is -2.38. The number of benzene rings is 2. The van der Waals surface area contributed by atoms with Crippen LogP contribution < -0.4 is 10.1 Å². The number of nitrogens with one attached hydrogen (secondary N) is 1. The Labute approximate surface area is 155 Å². The predicted octanol–water partition coefficient (Wildman–Crippen LogP) is 3.49. The van der Waals surface area contributed by atoms with E-state index in [0.717, 1.165) is 37.4 Å². The number of ether oxygens (including phenoxy) is 2. The Morgan fingerprint density at radius 1 is 1.08 bits per heavy atom. The lowest BCUT2D eigenvalue weighted by atomic mass is 9.74. The Morgan fingerprint density at radius 3 is 2.42 bits per heavy atom.